The summed E-state index contributed by atoms with van der Waals surface area (Å²) in [7, 11) is 0. The average molecular weight is 250 g/mol. The highest BCUT2D eigenvalue weighted by atomic mass is 16.5. The first kappa shape index (κ1) is 14.6. The highest BCUT2D eigenvalue weighted by molar-refractivity contribution is 5.77. The number of carbonyl (C=O) groups is 1. The largest absolute Gasteiger partial charge is 0.493 e. The minimum absolute atomic E-state index is 0.460. The summed E-state index contributed by atoms with van der Waals surface area (Å²) in [4.78, 5) is 11.4. The Morgan fingerprint density at radius 3 is 2.61 bits per heavy atom. The topological polar surface area (TPSA) is 46.5 Å². The number of rotatable bonds is 8. The van der Waals surface area contributed by atoms with Gasteiger partial charge >= 0.3 is 5.97 Å². The van der Waals surface area contributed by atoms with Gasteiger partial charge in [0.05, 0.1) is 12.5 Å². The molecule has 0 heterocycles. The Balaban J connectivity index is 2.91. The highest BCUT2D eigenvalue weighted by Gasteiger charge is 2.22. The highest BCUT2D eigenvalue weighted by Crippen LogP contribution is 2.30. The van der Waals surface area contributed by atoms with Gasteiger partial charge in [-0.2, -0.15) is 0 Å². The molecule has 0 aliphatic carbocycles. The normalized spacial score (nSPS) is 12.1. The van der Waals surface area contributed by atoms with E-state index < -0.39 is 11.9 Å². The van der Waals surface area contributed by atoms with Gasteiger partial charge < -0.3 is 9.84 Å². The van der Waals surface area contributed by atoms with Gasteiger partial charge in [-0.25, -0.2) is 0 Å². The molecule has 1 N–H and O–H groups in total. The van der Waals surface area contributed by atoms with Crippen molar-refractivity contribution in [3.05, 3.63) is 29.8 Å². The number of para-hydroxylation sites is 1. The van der Waals surface area contributed by atoms with Crippen molar-refractivity contribution < 1.29 is 14.6 Å². The molecule has 0 aliphatic rings. The maximum absolute atomic E-state index is 11.4. The maximum atomic E-state index is 11.4. The molecular formula is C15H22O3. The summed E-state index contributed by atoms with van der Waals surface area (Å²) in [6.07, 6.45) is 3.50. The van der Waals surface area contributed by atoms with Gasteiger partial charge in [0.2, 0.25) is 0 Å². The van der Waals surface area contributed by atoms with Gasteiger partial charge in [0.25, 0.3) is 0 Å². The minimum Gasteiger partial charge on any atom is -0.493 e. The molecular weight excluding hydrogens is 228 g/mol. The van der Waals surface area contributed by atoms with Crippen LogP contribution in [0.5, 0.6) is 5.75 Å². The fourth-order valence-corrected chi connectivity index (χ4v) is 1.93. The van der Waals surface area contributed by atoms with Gasteiger partial charge in [0.15, 0.2) is 0 Å². The van der Waals surface area contributed by atoms with Crippen LogP contribution in [-0.2, 0) is 4.79 Å². The predicted molar refractivity (Wildman–Crippen MR) is 72.1 cm³/mol. The quantitative estimate of drug-likeness (QED) is 0.762. The van der Waals surface area contributed by atoms with Crippen LogP contribution in [0.1, 0.15) is 51.0 Å². The van der Waals surface area contributed by atoms with Crippen molar-refractivity contribution in [3.63, 3.8) is 0 Å². The van der Waals surface area contributed by atoms with Crippen molar-refractivity contribution >= 4 is 5.97 Å². The summed E-state index contributed by atoms with van der Waals surface area (Å²) in [6.45, 7) is 4.73. The molecule has 0 fully saturated rings. The van der Waals surface area contributed by atoms with Crippen molar-refractivity contribution in [3.8, 4) is 5.75 Å². The van der Waals surface area contributed by atoms with Crippen LogP contribution in [-0.4, -0.2) is 17.7 Å². The van der Waals surface area contributed by atoms with Crippen LogP contribution in [0.2, 0.25) is 0 Å². The fraction of sp³-hybridized carbons (Fsp3) is 0.533. The molecule has 3 nitrogen and oxygen atoms in total. The first-order valence-corrected chi connectivity index (χ1v) is 6.65. The molecule has 0 bridgehead atoms. The maximum Gasteiger partial charge on any atom is 0.311 e. The number of hydrogen-bond donors (Lipinski definition) is 1. The Labute approximate surface area is 109 Å². The van der Waals surface area contributed by atoms with Crippen molar-refractivity contribution in [2.45, 2.75) is 45.4 Å². The molecule has 0 saturated heterocycles. The summed E-state index contributed by atoms with van der Waals surface area (Å²) in [5.41, 5.74) is 0.798. The van der Waals surface area contributed by atoms with Gasteiger partial charge in [0, 0.05) is 5.56 Å². The van der Waals surface area contributed by atoms with Crippen LogP contribution < -0.4 is 4.74 Å². The van der Waals surface area contributed by atoms with Crippen molar-refractivity contribution in [2.75, 3.05) is 6.61 Å². The van der Waals surface area contributed by atoms with Crippen LogP contribution in [0.3, 0.4) is 0 Å². The molecule has 0 spiro atoms. The van der Waals surface area contributed by atoms with E-state index in [9.17, 15) is 9.90 Å². The smallest absolute Gasteiger partial charge is 0.311 e. The second-order valence-electron chi connectivity index (χ2n) is 4.42. The molecule has 0 amide bonds. The fourth-order valence-electron chi connectivity index (χ4n) is 1.93. The number of ether oxygens (including phenoxy) is 1. The summed E-state index contributed by atoms with van der Waals surface area (Å²) < 4.78 is 5.63. The Bertz CT molecular complexity index is 374. The third-order valence-electron chi connectivity index (χ3n) is 2.90. The van der Waals surface area contributed by atoms with Crippen LogP contribution in [0.15, 0.2) is 24.3 Å². The second kappa shape index (κ2) is 7.75. The van der Waals surface area contributed by atoms with Gasteiger partial charge in [-0.05, 0) is 18.9 Å². The van der Waals surface area contributed by atoms with Crippen molar-refractivity contribution in [1.29, 1.82) is 0 Å². The zero-order chi connectivity index (χ0) is 13.4. The third-order valence-corrected chi connectivity index (χ3v) is 2.90. The van der Waals surface area contributed by atoms with E-state index in [1.165, 1.54) is 0 Å². The SMILES string of the molecule is CCCCC(C(=O)O)c1ccccc1OCCC. The molecule has 1 unspecified atom stereocenters. The Kier molecular flexibility index (Phi) is 6.26. The number of benzene rings is 1. The van der Waals surface area contributed by atoms with Crippen LogP contribution in [0.4, 0.5) is 0 Å². The van der Waals surface area contributed by atoms with Gasteiger partial charge in [0.1, 0.15) is 5.75 Å². The molecule has 0 aliphatic heterocycles. The van der Waals surface area contributed by atoms with Gasteiger partial charge in [-0.15, -0.1) is 0 Å². The lowest BCUT2D eigenvalue weighted by Crippen LogP contribution is -2.13. The Hall–Kier alpha value is -1.51. The molecule has 1 rings (SSSR count). The molecule has 1 aromatic rings. The van der Waals surface area contributed by atoms with E-state index in [0.29, 0.717) is 18.8 Å². The van der Waals surface area contributed by atoms with Crippen LogP contribution in [0.25, 0.3) is 0 Å². The predicted octanol–water partition coefficient (Wildman–Crippen LogP) is 3.83. The molecule has 0 saturated carbocycles. The van der Waals surface area contributed by atoms with E-state index in [1.807, 2.05) is 31.2 Å². The molecule has 0 radical (unpaired) electrons. The minimum atomic E-state index is -0.768. The van der Waals surface area contributed by atoms with Crippen LogP contribution in [0, 0.1) is 0 Å². The number of aliphatic carboxylic acids is 1. The van der Waals surface area contributed by atoms with E-state index in [4.69, 9.17) is 4.74 Å². The average Bonchev–Trinajstić information content (AvgIpc) is 2.37. The third kappa shape index (κ3) is 4.06. The van der Waals surface area contributed by atoms with Gasteiger partial charge in [-0.3, -0.25) is 4.79 Å². The number of hydrogen-bond acceptors (Lipinski definition) is 2. The molecule has 3 heteroatoms. The molecule has 18 heavy (non-hydrogen) atoms. The first-order valence-electron chi connectivity index (χ1n) is 6.65. The molecule has 1 aromatic carbocycles. The number of unbranched alkanes of at least 4 members (excludes halogenated alkanes) is 1. The number of carboxylic acids is 1. The van der Waals surface area contributed by atoms with Gasteiger partial charge in [-0.1, -0.05) is 44.9 Å². The van der Waals surface area contributed by atoms with E-state index in [2.05, 4.69) is 6.92 Å². The van der Waals surface area contributed by atoms with E-state index in [1.54, 1.807) is 0 Å². The Morgan fingerprint density at radius 1 is 1.28 bits per heavy atom. The lowest BCUT2D eigenvalue weighted by atomic mass is 9.93. The summed E-state index contributed by atoms with van der Waals surface area (Å²) in [5, 5.41) is 9.35. The standard InChI is InChI=1S/C15H22O3/c1-3-5-8-13(15(16)17)12-9-6-7-10-14(12)18-11-4-2/h6-7,9-10,13H,3-5,8,11H2,1-2H3,(H,16,17). The summed E-state index contributed by atoms with van der Waals surface area (Å²) in [5.74, 6) is -0.517. The number of carboxylic acid groups (broad SMARTS) is 1. The van der Waals surface area contributed by atoms with Crippen LogP contribution >= 0.6 is 0 Å². The Morgan fingerprint density at radius 2 is 2.00 bits per heavy atom. The van der Waals surface area contributed by atoms with Crippen molar-refractivity contribution in [2.24, 2.45) is 0 Å². The van der Waals surface area contributed by atoms with E-state index in [0.717, 1.165) is 24.8 Å². The zero-order valence-corrected chi connectivity index (χ0v) is 11.2. The molecule has 0 aromatic heterocycles. The van der Waals surface area contributed by atoms with E-state index >= 15 is 0 Å². The molecule has 1 atom stereocenters. The van der Waals surface area contributed by atoms with Crippen molar-refractivity contribution in [1.82, 2.24) is 0 Å². The summed E-state index contributed by atoms with van der Waals surface area (Å²) >= 11 is 0. The lowest BCUT2D eigenvalue weighted by Gasteiger charge is -2.16. The summed E-state index contributed by atoms with van der Waals surface area (Å²) in [6, 6.07) is 7.47. The lowest BCUT2D eigenvalue weighted by molar-refractivity contribution is -0.139. The zero-order valence-electron chi connectivity index (χ0n) is 11.2. The first-order chi connectivity index (χ1) is 8.70. The molecule has 100 valence electrons. The monoisotopic (exact) mass is 250 g/mol. The van der Waals surface area contributed by atoms with E-state index in [-0.39, 0.29) is 0 Å². The second-order valence-corrected chi connectivity index (χ2v) is 4.42.